The van der Waals surface area contributed by atoms with Gasteiger partial charge in [-0.05, 0) is 55.3 Å². The molecule has 0 atom stereocenters. The number of aromatic nitrogens is 2. The van der Waals surface area contributed by atoms with Crippen molar-refractivity contribution < 1.29 is 23.5 Å². The van der Waals surface area contributed by atoms with Crippen molar-refractivity contribution in [3.63, 3.8) is 0 Å². The van der Waals surface area contributed by atoms with Crippen molar-refractivity contribution in [1.82, 2.24) is 15.0 Å². The quantitative estimate of drug-likeness (QED) is 0.489. The molecule has 0 radical (unpaired) electrons. The van der Waals surface area contributed by atoms with Gasteiger partial charge >= 0.3 is 0 Å². The SMILES string of the molecule is COc1ccc(-c2noc(CN(C(=O)c3ccc(OC)c(OC)c3)C3CCCCC3)n2)cc1. The Kier molecular flexibility index (Phi) is 7.12. The predicted molar refractivity (Wildman–Crippen MR) is 123 cm³/mol. The molecule has 0 saturated heterocycles. The van der Waals surface area contributed by atoms with Gasteiger partial charge in [0.05, 0.1) is 21.3 Å². The molecule has 1 aromatic heterocycles. The van der Waals surface area contributed by atoms with Crippen molar-refractivity contribution >= 4 is 5.91 Å². The smallest absolute Gasteiger partial charge is 0.254 e. The van der Waals surface area contributed by atoms with E-state index in [1.165, 1.54) is 6.42 Å². The van der Waals surface area contributed by atoms with E-state index in [-0.39, 0.29) is 18.5 Å². The molecule has 0 spiro atoms. The molecule has 0 N–H and O–H groups in total. The van der Waals surface area contributed by atoms with Crippen LogP contribution in [0.25, 0.3) is 11.4 Å². The lowest BCUT2D eigenvalue weighted by Crippen LogP contribution is -2.41. The maximum absolute atomic E-state index is 13.6. The lowest BCUT2D eigenvalue weighted by atomic mass is 9.93. The molecule has 2 aromatic carbocycles. The summed E-state index contributed by atoms with van der Waals surface area (Å²) in [7, 11) is 4.75. The summed E-state index contributed by atoms with van der Waals surface area (Å²) in [5.74, 6) is 2.65. The highest BCUT2D eigenvalue weighted by Gasteiger charge is 2.29. The van der Waals surface area contributed by atoms with Crippen LogP contribution in [0.2, 0.25) is 0 Å². The summed E-state index contributed by atoms with van der Waals surface area (Å²) in [5, 5.41) is 4.12. The van der Waals surface area contributed by atoms with E-state index < -0.39 is 0 Å². The Bertz CT molecular complexity index is 1070. The fraction of sp³-hybridized carbons (Fsp3) is 0.400. The van der Waals surface area contributed by atoms with Gasteiger partial charge in [0, 0.05) is 17.2 Å². The van der Waals surface area contributed by atoms with Gasteiger partial charge < -0.3 is 23.6 Å². The summed E-state index contributed by atoms with van der Waals surface area (Å²) in [5.41, 5.74) is 1.36. The molecule has 1 aliphatic rings. The third-order valence-electron chi connectivity index (χ3n) is 6.03. The fourth-order valence-corrected chi connectivity index (χ4v) is 4.22. The van der Waals surface area contributed by atoms with E-state index in [0.29, 0.717) is 28.8 Å². The summed E-state index contributed by atoms with van der Waals surface area (Å²) in [6, 6.07) is 12.8. The van der Waals surface area contributed by atoms with Crippen LogP contribution < -0.4 is 14.2 Å². The largest absolute Gasteiger partial charge is 0.497 e. The highest BCUT2D eigenvalue weighted by molar-refractivity contribution is 5.95. The van der Waals surface area contributed by atoms with Crippen molar-refractivity contribution in [2.45, 2.75) is 44.7 Å². The second-order valence-electron chi connectivity index (χ2n) is 8.03. The minimum absolute atomic E-state index is 0.0907. The number of benzene rings is 2. The van der Waals surface area contributed by atoms with Crippen molar-refractivity contribution in [3.8, 4) is 28.6 Å². The van der Waals surface area contributed by atoms with Gasteiger partial charge in [-0.1, -0.05) is 24.4 Å². The van der Waals surface area contributed by atoms with Crippen LogP contribution in [-0.2, 0) is 6.54 Å². The average molecular weight is 452 g/mol. The minimum atomic E-state index is -0.0907. The van der Waals surface area contributed by atoms with Gasteiger partial charge in [-0.2, -0.15) is 4.98 Å². The van der Waals surface area contributed by atoms with Crippen LogP contribution in [0, 0.1) is 0 Å². The van der Waals surface area contributed by atoms with Crippen molar-refractivity contribution in [3.05, 3.63) is 53.9 Å². The number of nitrogens with zero attached hydrogens (tertiary/aromatic N) is 3. The number of rotatable bonds is 8. The van der Waals surface area contributed by atoms with E-state index in [2.05, 4.69) is 10.1 Å². The highest BCUT2D eigenvalue weighted by atomic mass is 16.5. The van der Waals surface area contributed by atoms with Gasteiger partial charge in [0.1, 0.15) is 12.3 Å². The second-order valence-corrected chi connectivity index (χ2v) is 8.03. The number of hydrogen-bond acceptors (Lipinski definition) is 7. The first-order valence-corrected chi connectivity index (χ1v) is 11.1. The first kappa shape index (κ1) is 22.6. The molecule has 1 heterocycles. The minimum Gasteiger partial charge on any atom is -0.497 e. The van der Waals surface area contributed by atoms with Gasteiger partial charge in [0.25, 0.3) is 5.91 Å². The summed E-state index contributed by atoms with van der Waals surface area (Å²) < 4.78 is 21.4. The topological polar surface area (TPSA) is 86.9 Å². The Morgan fingerprint density at radius 3 is 2.36 bits per heavy atom. The number of ether oxygens (including phenoxy) is 3. The van der Waals surface area contributed by atoms with Crippen molar-refractivity contribution in [2.24, 2.45) is 0 Å². The summed E-state index contributed by atoms with van der Waals surface area (Å²) in [6.45, 7) is 0.251. The Morgan fingerprint density at radius 1 is 0.970 bits per heavy atom. The van der Waals surface area contributed by atoms with Gasteiger partial charge in [0.2, 0.25) is 11.7 Å². The molecule has 1 aliphatic carbocycles. The third kappa shape index (κ3) is 5.10. The number of carbonyl (C=O) groups is 1. The first-order valence-electron chi connectivity index (χ1n) is 11.1. The fourth-order valence-electron chi connectivity index (χ4n) is 4.22. The molecule has 0 unspecified atom stereocenters. The highest BCUT2D eigenvalue weighted by Crippen LogP contribution is 2.31. The van der Waals surface area contributed by atoms with Crippen LogP contribution in [0.5, 0.6) is 17.2 Å². The van der Waals surface area contributed by atoms with E-state index in [1.807, 2.05) is 29.2 Å². The maximum atomic E-state index is 13.6. The van der Waals surface area contributed by atoms with Gasteiger partial charge in [0.15, 0.2) is 11.5 Å². The molecule has 174 valence electrons. The Labute approximate surface area is 193 Å². The number of hydrogen-bond donors (Lipinski definition) is 0. The lowest BCUT2D eigenvalue weighted by molar-refractivity contribution is 0.0585. The van der Waals surface area contributed by atoms with Crippen LogP contribution in [0.15, 0.2) is 47.0 Å². The third-order valence-corrected chi connectivity index (χ3v) is 6.03. The van der Waals surface area contributed by atoms with Gasteiger partial charge in [-0.25, -0.2) is 0 Å². The van der Waals surface area contributed by atoms with Crippen LogP contribution in [0.1, 0.15) is 48.4 Å². The zero-order valence-corrected chi connectivity index (χ0v) is 19.2. The van der Waals surface area contributed by atoms with E-state index in [0.717, 1.165) is 37.0 Å². The number of amides is 1. The first-order chi connectivity index (χ1) is 16.1. The molecule has 0 bridgehead atoms. The lowest BCUT2D eigenvalue weighted by Gasteiger charge is -2.33. The molecule has 0 aliphatic heterocycles. The number of carbonyl (C=O) groups excluding carboxylic acids is 1. The molecule has 1 saturated carbocycles. The normalized spacial score (nSPS) is 14.0. The zero-order valence-electron chi connectivity index (χ0n) is 19.2. The van der Waals surface area contributed by atoms with Crippen LogP contribution in [0.3, 0.4) is 0 Å². The Morgan fingerprint density at radius 2 is 1.70 bits per heavy atom. The summed E-state index contributed by atoms with van der Waals surface area (Å²) >= 11 is 0. The van der Waals surface area contributed by atoms with Gasteiger partial charge in [-0.3, -0.25) is 4.79 Å². The maximum Gasteiger partial charge on any atom is 0.254 e. The predicted octanol–water partition coefficient (Wildman–Crippen LogP) is 4.74. The monoisotopic (exact) mass is 451 g/mol. The van der Waals surface area contributed by atoms with E-state index in [9.17, 15) is 4.79 Å². The Hall–Kier alpha value is -3.55. The average Bonchev–Trinajstić information content (AvgIpc) is 3.35. The van der Waals surface area contributed by atoms with Crippen molar-refractivity contribution in [1.29, 1.82) is 0 Å². The second kappa shape index (κ2) is 10.4. The van der Waals surface area contributed by atoms with Crippen LogP contribution in [-0.4, -0.2) is 48.3 Å². The molecule has 8 heteroatoms. The standard InChI is InChI=1S/C25H29N3O5/c1-30-20-12-9-17(10-13-20)24-26-23(33-27-24)16-28(19-7-5-4-6-8-19)25(29)18-11-14-21(31-2)22(15-18)32-3/h9-15,19H,4-8,16H2,1-3H3. The van der Waals surface area contributed by atoms with E-state index in [1.54, 1.807) is 39.5 Å². The summed E-state index contributed by atoms with van der Waals surface area (Å²) in [6.07, 6.45) is 5.30. The molecule has 8 nitrogen and oxygen atoms in total. The molecule has 33 heavy (non-hydrogen) atoms. The van der Waals surface area contributed by atoms with E-state index in [4.69, 9.17) is 18.7 Å². The molecule has 4 rings (SSSR count). The molecular formula is C25H29N3O5. The zero-order chi connectivity index (χ0) is 23.2. The van der Waals surface area contributed by atoms with E-state index >= 15 is 0 Å². The van der Waals surface area contributed by atoms with Crippen molar-refractivity contribution in [2.75, 3.05) is 21.3 Å². The Balaban J connectivity index is 1.59. The molecular weight excluding hydrogens is 422 g/mol. The summed E-state index contributed by atoms with van der Waals surface area (Å²) in [4.78, 5) is 20.0. The van der Waals surface area contributed by atoms with Gasteiger partial charge in [-0.15, -0.1) is 0 Å². The molecule has 1 fully saturated rings. The molecule has 1 amide bonds. The van der Waals surface area contributed by atoms with Crippen LogP contribution >= 0.6 is 0 Å². The van der Waals surface area contributed by atoms with Crippen LogP contribution in [0.4, 0.5) is 0 Å². The molecule has 3 aromatic rings. The number of methoxy groups -OCH3 is 3.